The first-order valence-electron chi connectivity index (χ1n) is 10.9. The van der Waals surface area contributed by atoms with Gasteiger partial charge in [-0.05, 0) is 55.2 Å². The maximum atomic E-state index is 13.1. The Bertz CT molecular complexity index is 767. The van der Waals surface area contributed by atoms with Crippen LogP contribution < -0.4 is 10.6 Å². The summed E-state index contributed by atoms with van der Waals surface area (Å²) in [6.45, 7) is 3.03. The molecular formula is C25H32N2O. The van der Waals surface area contributed by atoms with Crippen molar-refractivity contribution in [3.63, 3.8) is 0 Å². The van der Waals surface area contributed by atoms with Crippen LogP contribution in [0.3, 0.4) is 0 Å². The molecule has 2 aromatic carbocycles. The molecule has 2 N–H and O–H groups in total. The highest BCUT2D eigenvalue weighted by molar-refractivity contribution is 5.80. The average Bonchev–Trinajstić information content (AvgIpc) is 3.58. The monoisotopic (exact) mass is 376 g/mol. The topological polar surface area (TPSA) is 41.1 Å². The summed E-state index contributed by atoms with van der Waals surface area (Å²) in [5, 5.41) is 6.84. The van der Waals surface area contributed by atoms with Crippen LogP contribution in [0.15, 0.2) is 54.6 Å². The second kappa shape index (κ2) is 8.91. The van der Waals surface area contributed by atoms with Crippen LogP contribution in [0, 0.1) is 5.92 Å². The van der Waals surface area contributed by atoms with Gasteiger partial charge in [0.1, 0.15) is 0 Å². The molecule has 3 atom stereocenters. The van der Waals surface area contributed by atoms with Crippen LogP contribution >= 0.6 is 0 Å². The van der Waals surface area contributed by atoms with Crippen LogP contribution in [-0.2, 0) is 11.3 Å². The second-order valence-electron chi connectivity index (χ2n) is 8.54. The highest BCUT2D eigenvalue weighted by Crippen LogP contribution is 2.38. The maximum Gasteiger partial charge on any atom is 0.224 e. The number of nitrogens with one attached hydrogen (secondary N) is 2. The predicted octanol–water partition coefficient (Wildman–Crippen LogP) is 5.09. The van der Waals surface area contributed by atoms with Crippen LogP contribution in [-0.4, -0.2) is 11.9 Å². The maximum absolute atomic E-state index is 13.1. The minimum absolute atomic E-state index is 0.0483. The van der Waals surface area contributed by atoms with Gasteiger partial charge in [0.25, 0.3) is 0 Å². The summed E-state index contributed by atoms with van der Waals surface area (Å²) < 4.78 is 0. The summed E-state index contributed by atoms with van der Waals surface area (Å²) in [5.41, 5.74) is 3.82. The van der Waals surface area contributed by atoms with Crippen molar-refractivity contribution in [2.75, 3.05) is 0 Å². The fourth-order valence-electron chi connectivity index (χ4n) is 4.42. The van der Waals surface area contributed by atoms with Crippen molar-refractivity contribution in [3.8, 4) is 0 Å². The summed E-state index contributed by atoms with van der Waals surface area (Å²) in [6, 6.07) is 20.0. The summed E-state index contributed by atoms with van der Waals surface area (Å²) in [6.07, 6.45) is 7.10. The van der Waals surface area contributed by atoms with Gasteiger partial charge in [0.05, 0.1) is 6.04 Å². The predicted molar refractivity (Wildman–Crippen MR) is 114 cm³/mol. The SMILES string of the molecule is C[C@H](NC(=O)[C@H]1CCCC[C@H]1c1ccc(CNC2CC2)cc1)c1ccccc1. The summed E-state index contributed by atoms with van der Waals surface area (Å²) in [4.78, 5) is 13.1. The lowest BCUT2D eigenvalue weighted by Crippen LogP contribution is -2.37. The Morgan fingerprint density at radius 2 is 1.68 bits per heavy atom. The normalized spacial score (nSPS) is 23.2. The van der Waals surface area contributed by atoms with Crippen LogP contribution in [0.1, 0.15) is 74.1 Å². The lowest BCUT2D eigenvalue weighted by Gasteiger charge is -2.32. The first-order valence-corrected chi connectivity index (χ1v) is 10.9. The Kier molecular flexibility index (Phi) is 6.11. The second-order valence-corrected chi connectivity index (χ2v) is 8.54. The van der Waals surface area contributed by atoms with Gasteiger partial charge in [-0.2, -0.15) is 0 Å². The van der Waals surface area contributed by atoms with Crippen molar-refractivity contribution < 1.29 is 4.79 Å². The van der Waals surface area contributed by atoms with Gasteiger partial charge < -0.3 is 10.6 Å². The van der Waals surface area contributed by atoms with E-state index in [9.17, 15) is 4.79 Å². The van der Waals surface area contributed by atoms with Gasteiger partial charge in [-0.15, -0.1) is 0 Å². The van der Waals surface area contributed by atoms with Gasteiger partial charge in [0, 0.05) is 18.5 Å². The molecule has 0 spiro atoms. The van der Waals surface area contributed by atoms with Gasteiger partial charge in [-0.3, -0.25) is 4.79 Å². The molecule has 2 saturated carbocycles. The molecule has 0 saturated heterocycles. The Hall–Kier alpha value is -2.13. The molecule has 2 aliphatic rings. The van der Waals surface area contributed by atoms with E-state index in [0.717, 1.165) is 37.4 Å². The zero-order chi connectivity index (χ0) is 19.3. The summed E-state index contributed by atoms with van der Waals surface area (Å²) >= 11 is 0. The van der Waals surface area contributed by atoms with Gasteiger partial charge in [0.2, 0.25) is 5.91 Å². The molecule has 0 unspecified atom stereocenters. The molecule has 28 heavy (non-hydrogen) atoms. The van der Waals surface area contributed by atoms with E-state index in [1.807, 2.05) is 18.2 Å². The number of hydrogen-bond donors (Lipinski definition) is 2. The summed E-state index contributed by atoms with van der Waals surface area (Å²) in [5.74, 6) is 0.623. The van der Waals surface area contributed by atoms with Gasteiger partial charge in [-0.1, -0.05) is 67.4 Å². The van der Waals surface area contributed by atoms with Crippen molar-refractivity contribution in [2.45, 2.75) is 70.0 Å². The third kappa shape index (κ3) is 4.82. The molecule has 2 aliphatic carbocycles. The average molecular weight is 377 g/mol. The van der Waals surface area contributed by atoms with Crippen LogP contribution in [0.4, 0.5) is 0 Å². The van der Waals surface area contributed by atoms with E-state index in [-0.39, 0.29) is 17.9 Å². The quantitative estimate of drug-likeness (QED) is 0.707. The van der Waals surface area contributed by atoms with Gasteiger partial charge in [-0.25, -0.2) is 0 Å². The molecule has 0 aromatic heterocycles. The molecule has 4 rings (SSSR count). The molecule has 1 amide bonds. The van der Waals surface area contributed by atoms with Crippen molar-refractivity contribution in [2.24, 2.45) is 5.92 Å². The van der Waals surface area contributed by atoms with E-state index in [2.05, 4.69) is 54.0 Å². The van der Waals surface area contributed by atoms with Crippen molar-refractivity contribution in [1.29, 1.82) is 0 Å². The highest BCUT2D eigenvalue weighted by atomic mass is 16.1. The molecule has 3 nitrogen and oxygen atoms in total. The Morgan fingerprint density at radius 1 is 0.964 bits per heavy atom. The zero-order valence-electron chi connectivity index (χ0n) is 16.9. The third-order valence-electron chi connectivity index (χ3n) is 6.34. The molecule has 0 aliphatic heterocycles. The number of hydrogen-bond acceptors (Lipinski definition) is 2. The van der Waals surface area contributed by atoms with Crippen LogP contribution in [0.25, 0.3) is 0 Å². The van der Waals surface area contributed by atoms with Crippen molar-refractivity contribution in [1.82, 2.24) is 10.6 Å². The number of benzene rings is 2. The number of carbonyl (C=O) groups is 1. The summed E-state index contributed by atoms with van der Waals surface area (Å²) in [7, 11) is 0. The fraction of sp³-hybridized carbons (Fsp3) is 0.480. The lowest BCUT2D eigenvalue weighted by molar-refractivity contribution is -0.127. The molecule has 0 bridgehead atoms. The third-order valence-corrected chi connectivity index (χ3v) is 6.34. The van der Waals surface area contributed by atoms with E-state index in [0.29, 0.717) is 5.92 Å². The van der Waals surface area contributed by atoms with Crippen molar-refractivity contribution in [3.05, 3.63) is 71.3 Å². The van der Waals surface area contributed by atoms with Gasteiger partial charge in [0.15, 0.2) is 0 Å². The number of carbonyl (C=O) groups excluding carboxylic acids is 1. The van der Waals surface area contributed by atoms with E-state index in [1.54, 1.807) is 0 Å². The van der Waals surface area contributed by atoms with Crippen LogP contribution in [0.2, 0.25) is 0 Å². The lowest BCUT2D eigenvalue weighted by atomic mass is 9.75. The molecule has 0 heterocycles. The van der Waals surface area contributed by atoms with E-state index in [1.165, 1.54) is 30.4 Å². The van der Waals surface area contributed by atoms with Crippen molar-refractivity contribution >= 4 is 5.91 Å². The molecule has 2 aromatic rings. The first-order chi connectivity index (χ1) is 13.7. The van der Waals surface area contributed by atoms with Crippen LogP contribution in [0.5, 0.6) is 0 Å². The molecule has 0 radical (unpaired) electrons. The standard InChI is InChI=1S/C25H32N2O/c1-18(20-7-3-2-4-8-20)27-25(28)24-10-6-5-9-23(24)21-13-11-19(12-14-21)17-26-22-15-16-22/h2-4,7-8,11-14,18,22-24,26H,5-6,9-10,15-17H2,1H3,(H,27,28)/t18-,23-,24-/m0/s1. The Morgan fingerprint density at radius 3 is 2.39 bits per heavy atom. The Balaban J connectivity index is 1.41. The largest absolute Gasteiger partial charge is 0.349 e. The molecule has 148 valence electrons. The zero-order valence-corrected chi connectivity index (χ0v) is 16.9. The van der Waals surface area contributed by atoms with E-state index in [4.69, 9.17) is 0 Å². The van der Waals surface area contributed by atoms with Gasteiger partial charge >= 0.3 is 0 Å². The smallest absolute Gasteiger partial charge is 0.224 e. The Labute approximate surface area is 168 Å². The minimum atomic E-state index is 0.0483. The highest BCUT2D eigenvalue weighted by Gasteiger charge is 2.32. The van der Waals surface area contributed by atoms with E-state index < -0.39 is 0 Å². The number of amides is 1. The fourth-order valence-corrected chi connectivity index (χ4v) is 4.42. The number of rotatable bonds is 7. The molecule has 3 heteroatoms. The minimum Gasteiger partial charge on any atom is -0.349 e. The molecule has 2 fully saturated rings. The molecular weight excluding hydrogens is 344 g/mol. The first kappa shape index (κ1) is 19.2. The van der Waals surface area contributed by atoms with E-state index >= 15 is 0 Å².